The predicted octanol–water partition coefficient (Wildman–Crippen LogP) is 5.67. The zero-order valence-corrected chi connectivity index (χ0v) is 19.9. The molecule has 178 valence electrons. The lowest BCUT2D eigenvalue weighted by Gasteiger charge is -2.12. The highest BCUT2D eigenvalue weighted by atomic mass is 35.5. The number of rotatable bonds is 6. The number of amides is 1. The minimum absolute atomic E-state index is 0.0670. The van der Waals surface area contributed by atoms with E-state index in [-0.39, 0.29) is 22.4 Å². The maximum absolute atomic E-state index is 13.0. The van der Waals surface area contributed by atoms with Gasteiger partial charge in [-0.3, -0.25) is 4.79 Å². The van der Waals surface area contributed by atoms with Gasteiger partial charge in [0.25, 0.3) is 5.91 Å². The van der Waals surface area contributed by atoms with Gasteiger partial charge in [-0.25, -0.2) is 9.59 Å². The lowest BCUT2D eigenvalue weighted by Crippen LogP contribution is -2.21. The zero-order chi connectivity index (χ0) is 25.3. The molecule has 4 rings (SSSR count). The summed E-state index contributed by atoms with van der Waals surface area (Å²) in [6, 6.07) is 14.5. The van der Waals surface area contributed by atoms with Crippen molar-refractivity contribution in [1.29, 1.82) is 0 Å². The molecule has 0 saturated carbocycles. The molecule has 1 amide bonds. The highest BCUT2D eigenvalue weighted by molar-refractivity contribution is 6.34. The van der Waals surface area contributed by atoms with E-state index in [2.05, 4.69) is 5.10 Å². The molecular formula is C26H21ClN2O6. The van der Waals surface area contributed by atoms with Crippen molar-refractivity contribution in [2.45, 2.75) is 26.9 Å². The second kappa shape index (κ2) is 9.60. The molecule has 1 aromatic heterocycles. The number of carbonyl (C=O) groups excluding carboxylic acids is 2. The Hall–Kier alpha value is -4.17. The van der Waals surface area contributed by atoms with Gasteiger partial charge in [0.15, 0.2) is 0 Å². The molecule has 0 atom stereocenters. The number of hydrazone groups is 1. The number of hydrogen-bond donors (Lipinski definition) is 1. The molecule has 1 aliphatic heterocycles. The molecule has 0 fully saturated rings. The van der Waals surface area contributed by atoms with Crippen LogP contribution in [0.4, 0.5) is 5.69 Å². The first-order chi connectivity index (χ1) is 16.6. The third-order valence-electron chi connectivity index (χ3n) is 5.15. The van der Waals surface area contributed by atoms with E-state index in [4.69, 9.17) is 20.8 Å². The SMILES string of the molecule is CC1=NN(c2ccc(Cl)c(C(=O)O)c2)C(=O)/C1=C/c1ccc(-c2ccc(C(=O)OC(C)C)cc2)o1. The molecule has 0 aliphatic carbocycles. The standard InChI is InChI=1S/C26H21ClN2O6/c1-14(2)34-26(33)17-6-4-16(5-7-17)23-11-9-19(35-23)13-20-15(3)28-29(24(20)30)18-8-10-22(27)21(12-18)25(31)32/h4-14H,1-3H3,(H,31,32)/b20-13+. The maximum atomic E-state index is 13.0. The minimum atomic E-state index is -1.20. The second-order valence-corrected chi connectivity index (χ2v) is 8.47. The lowest BCUT2D eigenvalue weighted by atomic mass is 10.1. The van der Waals surface area contributed by atoms with Crippen LogP contribution in [0.15, 0.2) is 69.7 Å². The largest absolute Gasteiger partial charge is 0.478 e. The Morgan fingerprint density at radius 1 is 1.11 bits per heavy atom. The number of carboxylic acid groups (broad SMARTS) is 1. The zero-order valence-electron chi connectivity index (χ0n) is 19.1. The van der Waals surface area contributed by atoms with Crippen LogP contribution >= 0.6 is 11.6 Å². The van der Waals surface area contributed by atoms with Crippen LogP contribution in [0.2, 0.25) is 5.02 Å². The molecule has 0 radical (unpaired) electrons. The molecule has 1 N–H and O–H groups in total. The first-order valence-corrected chi connectivity index (χ1v) is 11.1. The molecule has 2 heterocycles. The average molecular weight is 493 g/mol. The number of esters is 1. The van der Waals surface area contributed by atoms with Gasteiger partial charge < -0.3 is 14.3 Å². The molecule has 9 heteroatoms. The summed E-state index contributed by atoms with van der Waals surface area (Å²) >= 11 is 5.93. The Morgan fingerprint density at radius 2 is 1.83 bits per heavy atom. The molecule has 0 bridgehead atoms. The van der Waals surface area contributed by atoms with Gasteiger partial charge in [0.1, 0.15) is 11.5 Å². The predicted molar refractivity (Wildman–Crippen MR) is 132 cm³/mol. The fourth-order valence-corrected chi connectivity index (χ4v) is 3.65. The smallest absolute Gasteiger partial charge is 0.338 e. The third kappa shape index (κ3) is 5.02. The van der Waals surface area contributed by atoms with Crippen LogP contribution in [0.25, 0.3) is 17.4 Å². The van der Waals surface area contributed by atoms with Gasteiger partial charge in [0.05, 0.1) is 39.2 Å². The number of nitrogens with zero attached hydrogens (tertiary/aromatic N) is 2. The Labute approximate surface area is 206 Å². The Balaban J connectivity index is 1.55. The number of carboxylic acids is 1. The van der Waals surface area contributed by atoms with Gasteiger partial charge in [0, 0.05) is 5.56 Å². The Kier molecular flexibility index (Phi) is 6.57. The van der Waals surface area contributed by atoms with Crippen LogP contribution in [0, 0.1) is 0 Å². The third-order valence-corrected chi connectivity index (χ3v) is 5.48. The fraction of sp³-hybridized carbons (Fsp3) is 0.154. The first kappa shape index (κ1) is 24.0. The molecule has 8 nitrogen and oxygen atoms in total. The van der Waals surface area contributed by atoms with E-state index in [1.54, 1.807) is 63.2 Å². The van der Waals surface area contributed by atoms with Crippen molar-refractivity contribution in [3.8, 4) is 11.3 Å². The minimum Gasteiger partial charge on any atom is -0.478 e. The molecular weight excluding hydrogens is 472 g/mol. The van der Waals surface area contributed by atoms with Crippen LogP contribution in [-0.4, -0.2) is 34.8 Å². The number of aromatic carboxylic acids is 1. The summed E-state index contributed by atoms with van der Waals surface area (Å²) < 4.78 is 11.1. The average Bonchev–Trinajstić information content (AvgIpc) is 3.39. The van der Waals surface area contributed by atoms with Crippen molar-refractivity contribution in [2.24, 2.45) is 5.10 Å². The van der Waals surface area contributed by atoms with Gasteiger partial charge in [0.2, 0.25) is 0 Å². The summed E-state index contributed by atoms with van der Waals surface area (Å²) in [4.78, 5) is 36.4. The topological polar surface area (TPSA) is 109 Å². The normalized spacial score (nSPS) is 14.5. The number of ether oxygens (including phenoxy) is 1. The maximum Gasteiger partial charge on any atom is 0.338 e. The van der Waals surface area contributed by atoms with Gasteiger partial charge in [-0.15, -0.1) is 0 Å². The van der Waals surface area contributed by atoms with E-state index in [0.717, 1.165) is 10.6 Å². The summed E-state index contributed by atoms with van der Waals surface area (Å²) in [7, 11) is 0. The highest BCUT2D eigenvalue weighted by Gasteiger charge is 2.30. The van der Waals surface area contributed by atoms with Crippen LogP contribution in [0.3, 0.4) is 0 Å². The first-order valence-electron chi connectivity index (χ1n) is 10.7. The van der Waals surface area contributed by atoms with Crippen molar-refractivity contribution < 1.29 is 28.6 Å². The summed E-state index contributed by atoms with van der Waals surface area (Å²) in [6.45, 7) is 5.25. The van der Waals surface area contributed by atoms with Crippen LogP contribution in [0.1, 0.15) is 47.2 Å². The van der Waals surface area contributed by atoms with Gasteiger partial charge in [-0.2, -0.15) is 10.1 Å². The number of anilines is 1. The second-order valence-electron chi connectivity index (χ2n) is 8.06. The number of halogens is 1. The van der Waals surface area contributed by atoms with Crippen molar-refractivity contribution in [2.75, 3.05) is 5.01 Å². The highest BCUT2D eigenvalue weighted by Crippen LogP contribution is 2.30. The molecule has 3 aromatic rings. The molecule has 2 aromatic carbocycles. The Morgan fingerprint density at radius 3 is 2.49 bits per heavy atom. The van der Waals surface area contributed by atoms with E-state index in [0.29, 0.717) is 28.4 Å². The molecule has 0 spiro atoms. The van der Waals surface area contributed by atoms with Crippen molar-refractivity contribution in [3.63, 3.8) is 0 Å². The summed E-state index contributed by atoms with van der Waals surface area (Å²) in [5, 5.41) is 14.8. The number of carbonyl (C=O) groups is 3. The molecule has 0 unspecified atom stereocenters. The van der Waals surface area contributed by atoms with E-state index < -0.39 is 17.8 Å². The Bertz CT molecular complexity index is 1390. The quantitative estimate of drug-likeness (QED) is 0.350. The number of benzene rings is 2. The van der Waals surface area contributed by atoms with Crippen LogP contribution in [0.5, 0.6) is 0 Å². The van der Waals surface area contributed by atoms with Gasteiger partial charge in [-0.1, -0.05) is 23.7 Å². The fourth-order valence-electron chi connectivity index (χ4n) is 3.45. The number of furan rings is 1. The summed E-state index contributed by atoms with van der Waals surface area (Å²) in [6.07, 6.45) is 1.37. The van der Waals surface area contributed by atoms with Crippen molar-refractivity contribution in [1.82, 2.24) is 0 Å². The summed E-state index contributed by atoms with van der Waals surface area (Å²) in [5.41, 5.74) is 2.12. The van der Waals surface area contributed by atoms with Crippen LogP contribution in [-0.2, 0) is 9.53 Å². The van der Waals surface area contributed by atoms with E-state index in [9.17, 15) is 19.5 Å². The molecule has 35 heavy (non-hydrogen) atoms. The van der Waals surface area contributed by atoms with Crippen molar-refractivity contribution in [3.05, 3.63) is 82.1 Å². The van der Waals surface area contributed by atoms with E-state index in [1.807, 2.05) is 0 Å². The van der Waals surface area contributed by atoms with Crippen molar-refractivity contribution >= 4 is 46.9 Å². The van der Waals surface area contributed by atoms with E-state index >= 15 is 0 Å². The monoisotopic (exact) mass is 492 g/mol. The number of hydrogen-bond acceptors (Lipinski definition) is 6. The lowest BCUT2D eigenvalue weighted by molar-refractivity contribution is -0.114. The van der Waals surface area contributed by atoms with E-state index in [1.165, 1.54) is 18.2 Å². The van der Waals surface area contributed by atoms with Gasteiger partial charge in [-0.05, 0) is 69.3 Å². The molecule has 0 saturated heterocycles. The van der Waals surface area contributed by atoms with Crippen LogP contribution < -0.4 is 5.01 Å². The van der Waals surface area contributed by atoms with Gasteiger partial charge >= 0.3 is 11.9 Å². The molecule has 1 aliphatic rings. The summed E-state index contributed by atoms with van der Waals surface area (Å²) in [5.74, 6) is -1.03.